The van der Waals surface area contributed by atoms with Gasteiger partial charge in [-0.3, -0.25) is 9.10 Å². The predicted molar refractivity (Wildman–Crippen MR) is 177 cm³/mol. The molecule has 7 rings (SSSR count). The van der Waals surface area contributed by atoms with Crippen molar-refractivity contribution in [2.75, 3.05) is 24.2 Å². The molecule has 4 aromatic carbocycles. The van der Waals surface area contributed by atoms with Gasteiger partial charge in [-0.2, -0.15) is 0 Å². The fraction of sp³-hybridized carbons (Fsp3) is 0.194. The highest BCUT2D eigenvalue weighted by Gasteiger charge is 2.27. The third kappa shape index (κ3) is 5.03. The number of hydrogen-bond donors (Lipinski definition) is 1. The normalized spacial score (nSPS) is 14.8. The summed E-state index contributed by atoms with van der Waals surface area (Å²) in [4.78, 5) is 13.4. The van der Waals surface area contributed by atoms with Crippen LogP contribution < -0.4 is 9.04 Å². The molecule has 10 heteroatoms. The second kappa shape index (κ2) is 11.1. The molecule has 0 amide bonds. The van der Waals surface area contributed by atoms with E-state index in [1.165, 1.54) is 23.5 Å². The second-order valence-electron chi connectivity index (χ2n) is 11.6. The Hall–Kier alpha value is -4.93. The number of aromatic nitrogens is 1. The van der Waals surface area contributed by atoms with Crippen LogP contribution in [0, 0.1) is 5.82 Å². The Bertz CT molecular complexity index is 2270. The lowest BCUT2D eigenvalue weighted by molar-refractivity contribution is 0.0921. The molecule has 8 nitrogen and oxygen atoms in total. The van der Waals surface area contributed by atoms with E-state index in [1.54, 1.807) is 31.2 Å². The monoisotopic (exact) mass is 638 g/mol. The predicted octanol–water partition coefficient (Wildman–Crippen LogP) is 7.27. The summed E-state index contributed by atoms with van der Waals surface area (Å²) in [5, 5.41) is 12.2. The summed E-state index contributed by atoms with van der Waals surface area (Å²) in [5.74, 6) is 0.290. The maximum atomic E-state index is 13.8. The number of Topliss-reactive ketones (excluding diaryl/α,β-unsaturated/α-hetero) is 1. The summed E-state index contributed by atoms with van der Waals surface area (Å²) in [6, 6.07) is 24.7. The summed E-state index contributed by atoms with van der Waals surface area (Å²) in [7, 11) is -2.24. The van der Waals surface area contributed by atoms with E-state index in [1.807, 2.05) is 42.5 Å². The maximum Gasteiger partial charge on any atom is 0.232 e. The lowest BCUT2D eigenvalue weighted by Crippen LogP contribution is -2.26. The van der Waals surface area contributed by atoms with Crippen LogP contribution in [0.15, 0.2) is 89.3 Å². The van der Waals surface area contributed by atoms with Gasteiger partial charge in [0.15, 0.2) is 5.78 Å². The van der Waals surface area contributed by atoms with E-state index in [2.05, 4.69) is 10.6 Å². The topological polar surface area (TPSA) is 102 Å². The number of carbonyl (C=O) groups is 1. The van der Waals surface area contributed by atoms with E-state index in [9.17, 15) is 22.7 Å². The van der Waals surface area contributed by atoms with Crippen LogP contribution in [0.2, 0.25) is 0 Å². The van der Waals surface area contributed by atoms with Crippen LogP contribution in [0.3, 0.4) is 0 Å². The van der Waals surface area contributed by atoms with Crippen LogP contribution in [0.25, 0.3) is 55.6 Å². The molecule has 0 saturated carbocycles. The number of ether oxygens (including phenoxy) is 1. The highest BCUT2D eigenvalue weighted by Crippen LogP contribution is 2.44. The van der Waals surface area contributed by atoms with E-state index >= 15 is 0 Å². The molecule has 0 bridgehead atoms. The van der Waals surface area contributed by atoms with Crippen LogP contribution in [0.4, 0.5) is 10.1 Å². The number of sulfonamides is 1. The van der Waals surface area contributed by atoms with Crippen molar-refractivity contribution in [3.8, 4) is 39.5 Å². The van der Waals surface area contributed by atoms with Gasteiger partial charge in [0, 0.05) is 52.5 Å². The van der Waals surface area contributed by atoms with Gasteiger partial charge in [-0.05, 0) is 60.2 Å². The molecule has 0 aliphatic carbocycles. The number of rotatable bonds is 6. The number of ketones is 1. The summed E-state index contributed by atoms with van der Waals surface area (Å²) in [5.41, 5.74) is 5.41. The molecule has 1 unspecified atom stereocenters. The standard InChI is InChI=1S/C36H31FN2O6S/c1-4-32(41)35-28-17-26(30(38(2)46(3,42)43)18-34(28)45-36(35)21-9-12-24(37)13-10-21)22-11-14-33-27(15-22)31-16-23-7-5-6-8-29(23)39(31)19-25(40)20-44-33/h5-18,25,40H,4,19-20H2,1-3H3. The van der Waals surface area contributed by atoms with Gasteiger partial charge >= 0.3 is 0 Å². The van der Waals surface area contributed by atoms with E-state index < -0.39 is 21.9 Å². The SMILES string of the molecule is CCC(=O)c1c(-c2ccc(F)cc2)oc2cc(N(C)S(C)(=O)=O)c(-c3ccc4c(c3)-c3cc5ccccc5n3CC(O)CO4)cc12. The lowest BCUT2D eigenvalue weighted by Gasteiger charge is -2.24. The largest absolute Gasteiger partial charge is 0.490 e. The van der Waals surface area contributed by atoms with Gasteiger partial charge in [0.25, 0.3) is 0 Å². The van der Waals surface area contributed by atoms with Crippen LogP contribution in [-0.4, -0.2) is 49.9 Å². The van der Waals surface area contributed by atoms with E-state index in [0.29, 0.717) is 57.0 Å². The van der Waals surface area contributed by atoms with Crippen LogP contribution in [-0.2, 0) is 16.6 Å². The molecule has 234 valence electrons. The van der Waals surface area contributed by atoms with Gasteiger partial charge in [-0.1, -0.05) is 31.2 Å². The number of anilines is 1. The molecule has 0 radical (unpaired) electrons. The summed E-state index contributed by atoms with van der Waals surface area (Å²) in [6.45, 7) is 2.20. The second-order valence-corrected chi connectivity index (χ2v) is 13.6. The summed E-state index contributed by atoms with van der Waals surface area (Å²) >= 11 is 0. The van der Waals surface area contributed by atoms with Gasteiger partial charge in [0.1, 0.15) is 35.6 Å². The van der Waals surface area contributed by atoms with E-state index in [0.717, 1.165) is 28.4 Å². The van der Waals surface area contributed by atoms with Crippen molar-refractivity contribution in [1.82, 2.24) is 4.57 Å². The fourth-order valence-corrected chi connectivity index (χ4v) is 6.67. The minimum absolute atomic E-state index is 0.107. The first kappa shape index (κ1) is 29.8. The number of benzene rings is 4. The number of aliphatic hydroxyl groups is 1. The number of para-hydroxylation sites is 1. The Balaban J connectivity index is 1.50. The number of fused-ring (bicyclic) bond motifs is 6. The van der Waals surface area contributed by atoms with E-state index in [4.69, 9.17) is 9.15 Å². The van der Waals surface area contributed by atoms with Crippen molar-refractivity contribution in [2.24, 2.45) is 0 Å². The lowest BCUT2D eigenvalue weighted by atomic mass is 9.95. The Kier molecular flexibility index (Phi) is 7.21. The first-order chi connectivity index (χ1) is 22.0. The van der Waals surface area contributed by atoms with Gasteiger partial charge in [-0.25, -0.2) is 12.8 Å². The van der Waals surface area contributed by atoms with Crippen molar-refractivity contribution < 1.29 is 31.9 Å². The molecule has 3 heterocycles. The Morgan fingerprint density at radius 2 is 1.74 bits per heavy atom. The molecule has 0 fully saturated rings. The highest BCUT2D eigenvalue weighted by molar-refractivity contribution is 7.92. The van der Waals surface area contributed by atoms with Gasteiger partial charge in [0.05, 0.1) is 29.7 Å². The third-order valence-electron chi connectivity index (χ3n) is 8.55. The molecular weight excluding hydrogens is 607 g/mol. The van der Waals surface area contributed by atoms with Crippen molar-refractivity contribution >= 4 is 43.4 Å². The average Bonchev–Trinajstić information content (AvgIpc) is 3.59. The number of furan rings is 1. The number of hydrogen-bond acceptors (Lipinski definition) is 6. The Morgan fingerprint density at radius 1 is 1.00 bits per heavy atom. The molecule has 46 heavy (non-hydrogen) atoms. The highest BCUT2D eigenvalue weighted by atomic mass is 32.2. The molecule has 0 saturated heterocycles. The molecule has 6 aromatic rings. The Morgan fingerprint density at radius 3 is 2.48 bits per heavy atom. The number of nitrogens with zero attached hydrogens (tertiary/aromatic N) is 2. The van der Waals surface area contributed by atoms with Crippen molar-refractivity contribution in [1.29, 1.82) is 0 Å². The average molecular weight is 639 g/mol. The molecule has 1 N–H and O–H groups in total. The van der Waals surface area contributed by atoms with Crippen LogP contribution >= 0.6 is 0 Å². The smallest absolute Gasteiger partial charge is 0.232 e. The van der Waals surface area contributed by atoms with Crippen LogP contribution in [0.1, 0.15) is 23.7 Å². The van der Waals surface area contributed by atoms with Crippen molar-refractivity contribution in [3.05, 3.63) is 96.3 Å². The number of halogens is 1. The minimum Gasteiger partial charge on any atom is -0.490 e. The van der Waals surface area contributed by atoms with Gasteiger partial charge in [-0.15, -0.1) is 0 Å². The van der Waals surface area contributed by atoms with Crippen molar-refractivity contribution in [2.45, 2.75) is 26.0 Å². The van der Waals surface area contributed by atoms with Gasteiger partial charge in [0.2, 0.25) is 10.0 Å². The Labute approximate surface area is 265 Å². The molecule has 1 atom stereocenters. The first-order valence-electron chi connectivity index (χ1n) is 14.9. The molecule has 2 aromatic heterocycles. The number of carbonyl (C=O) groups excluding carboxylic acids is 1. The van der Waals surface area contributed by atoms with Crippen LogP contribution in [0.5, 0.6) is 5.75 Å². The fourth-order valence-electron chi connectivity index (χ4n) is 6.16. The first-order valence-corrected chi connectivity index (χ1v) is 16.8. The number of aliphatic hydroxyl groups excluding tert-OH is 1. The van der Waals surface area contributed by atoms with E-state index in [-0.39, 0.29) is 18.8 Å². The molecule has 1 aliphatic rings. The molecule has 0 spiro atoms. The maximum absolute atomic E-state index is 13.8. The van der Waals surface area contributed by atoms with Gasteiger partial charge < -0.3 is 18.8 Å². The summed E-state index contributed by atoms with van der Waals surface area (Å²) in [6.07, 6.45) is 0.609. The molecule has 1 aliphatic heterocycles. The third-order valence-corrected chi connectivity index (χ3v) is 9.74. The zero-order chi connectivity index (χ0) is 32.3. The quantitative estimate of drug-likeness (QED) is 0.193. The zero-order valence-corrected chi connectivity index (χ0v) is 26.3. The van der Waals surface area contributed by atoms with Crippen molar-refractivity contribution in [3.63, 3.8) is 0 Å². The summed E-state index contributed by atoms with van der Waals surface area (Å²) < 4.78 is 55.1. The minimum atomic E-state index is -3.71. The zero-order valence-electron chi connectivity index (χ0n) is 25.5. The molecular formula is C36H31FN2O6S.